The zero-order valence-corrected chi connectivity index (χ0v) is 10.6. The highest BCUT2D eigenvalue weighted by atomic mass is 16.5. The topological polar surface area (TPSA) is 75.6 Å². The summed E-state index contributed by atoms with van der Waals surface area (Å²) in [5.41, 5.74) is 0.485. The number of carboxylic acid groups (broad SMARTS) is 1. The van der Waals surface area contributed by atoms with E-state index in [1.54, 1.807) is 12.1 Å². The fourth-order valence-electron chi connectivity index (χ4n) is 2.11. The highest BCUT2D eigenvalue weighted by molar-refractivity contribution is 5.97. The van der Waals surface area contributed by atoms with Crippen molar-refractivity contribution >= 4 is 11.9 Å². The molecule has 1 aromatic rings. The molecule has 1 aromatic carbocycles. The van der Waals surface area contributed by atoms with Crippen molar-refractivity contribution in [1.29, 1.82) is 0 Å². The van der Waals surface area contributed by atoms with E-state index in [-0.39, 0.29) is 17.6 Å². The van der Waals surface area contributed by atoms with Crippen LogP contribution in [0.1, 0.15) is 40.0 Å². The van der Waals surface area contributed by atoms with Crippen molar-refractivity contribution in [3.05, 3.63) is 35.4 Å². The Bertz CT molecular complexity index is 466. The number of ether oxygens (including phenoxy) is 1. The second kappa shape index (κ2) is 6.33. The second-order valence-corrected chi connectivity index (χ2v) is 4.57. The Morgan fingerprint density at radius 3 is 2.84 bits per heavy atom. The van der Waals surface area contributed by atoms with Gasteiger partial charge in [0.1, 0.15) is 0 Å². The molecule has 1 aliphatic rings. The van der Waals surface area contributed by atoms with Crippen LogP contribution in [0.4, 0.5) is 0 Å². The van der Waals surface area contributed by atoms with Crippen molar-refractivity contribution in [2.75, 3.05) is 13.2 Å². The highest BCUT2D eigenvalue weighted by Crippen LogP contribution is 2.14. The van der Waals surface area contributed by atoms with Gasteiger partial charge in [-0.05, 0) is 37.5 Å². The molecular formula is C14H17NO4. The van der Waals surface area contributed by atoms with Crippen molar-refractivity contribution in [2.45, 2.75) is 25.4 Å². The van der Waals surface area contributed by atoms with Gasteiger partial charge in [0.25, 0.3) is 5.91 Å². The number of aromatic carboxylic acids is 1. The molecule has 0 spiro atoms. The number of benzene rings is 1. The van der Waals surface area contributed by atoms with Crippen LogP contribution < -0.4 is 5.32 Å². The van der Waals surface area contributed by atoms with Gasteiger partial charge in [-0.2, -0.15) is 0 Å². The number of carboxylic acids is 1. The number of amides is 1. The maximum absolute atomic E-state index is 11.8. The van der Waals surface area contributed by atoms with Crippen LogP contribution in [-0.4, -0.2) is 36.2 Å². The van der Waals surface area contributed by atoms with Crippen molar-refractivity contribution < 1.29 is 19.4 Å². The number of nitrogens with one attached hydrogen (secondary N) is 1. The molecule has 1 fully saturated rings. The molecule has 2 N–H and O–H groups in total. The van der Waals surface area contributed by atoms with Gasteiger partial charge in [-0.25, -0.2) is 4.79 Å². The lowest BCUT2D eigenvalue weighted by Gasteiger charge is -2.10. The average Bonchev–Trinajstić information content (AvgIpc) is 2.92. The minimum Gasteiger partial charge on any atom is -0.478 e. The van der Waals surface area contributed by atoms with E-state index in [2.05, 4.69) is 5.32 Å². The standard InChI is InChI=1S/C14H17NO4/c16-13(15-7-6-12-5-2-8-19-12)10-3-1-4-11(9-10)14(17)18/h1,3-4,9,12H,2,5-8H2,(H,15,16)(H,17,18). The summed E-state index contributed by atoms with van der Waals surface area (Å²) >= 11 is 0. The molecule has 0 aromatic heterocycles. The molecular weight excluding hydrogens is 246 g/mol. The maximum atomic E-state index is 11.8. The van der Waals surface area contributed by atoms with Crippen molar-refractivity contribution in [2.24, 2.45) is 0 Å². The van der Waals surface area contributed by atoms with E-state index in [4.69, 9.17) is 9.84 Å². The first-order chi connectivity index (χ1) is 9.16. The normalized spacial score (nSPS) is 18.2. The minimum atomic E-state index is -1.03. The number of rotatable bonds is 5. The van der Waals surface area contributed by atoms with Gasteiger partial charge in [-0.15, -0.1) is 0 Å². The molecule has 2 rings (SSSR count). The third-order valence-corrected chi connectivity index (χ3v) is 3.15. The van der Waals surface area contributed by atoms with Gasteiger partial charge in [-0.1, -0.05) is 6.07 Å². The summed E-state index contributed by atoms with van der Waals surface area (Å²) in [5, 5.41) is 11.6. The van der Waals surface area contributed by atoms with Gasteiger partial charge < -0.3 is 15.2 Å². The first-order valence-corrected chi connectivity index (χ1v) is 6.40. The van der Waals surface area contributed by atoms with Crippen LogP contribution in [-0.2, 0) is 4.74 Å². The average molecular weight is 263 g/mol. The smallest absolute Gasteiger partial charge is 0.335 e. The number of carbonyl (C=O) groups excluding carboxylic acids is 1. The van der Waals surface area contributed by atoms with Gasteiger partial charge in [0.15, 0.2) is 0 Å². The summed E-state index contributed by atoms with van der Waals surface area (Å²) in [6.07, 6.45) is 3.17. The zero-order valence-electron chi connectivity index (χ0n) is 10.6. The third kappa shape index (κ3) is 3.79. The molecule has 1 heterocycles. The fraction of sp³-hybridized carbons (Fsp3) is 0.429. The Labute approximate surface area is 111 Å². The molecule has 0 bridgehead atoms. The fourth-order valence-corrected chi connectivity index (χ4v) is 2.11. The summed E-state index contributed by atoms with van der Waals surface area (Å²) in [6, 6.07) is 6.02. The van der Waals surface area contributed by atoms with Gasteiger partial charge in [0.2, 0.25) is 0 Å². The molecule has 0 aliphatic carbocycles. The lowest BCUT2D eigenvalue weighted by molar-refractivity contribution is 0.0697. The molecule has 1 amide bonds. The monoisotopic (exact) mass is 263 g/mol. The zero-order chi connectivity index (χ0) is 13.7. The van der Waals surface area contributed by atoms with Crippen molar-refractivity contribution in [3.63, 3.8) is 0 Å². The minimum absolute atomic E-state index is 0.117. The first kappa shape index (κ1) is 13.5. The van der Waals surface area contributed by atoms with Crippen LogP contribution >= 0.6 is 0 Å². The van der Waals surface area contributed by atoms with Crippen LogP contribution in [0.5, 0.6) is 0 Å². The Morgan fingerprint density at radius 1 is 1.37 bits per heavy atom. The van der Waals surface area contributed by atoms with Crippen molar-refractivity contribution in [3.8, 4) is 0 Å². The number of carbonyl (C=O) groups is 2. The molecule has 1 atom stereocenters. The molecule has 5 nitrogen and oxygen atoms in total. The first-order valence-electron chi connectivity index (χ1n) is 6.40. The molecule has 102 valence electrons. The Morgan fingerprint density at radius 2 is 2.16 bits per heavy atom. The molecule has 1 saturated heterocycles. The summed E-state index contributed by atoms with van der Waals surface area (Å²) in [5.74, 6) is -1.28. The molecule has 0 saturated carbocycles. The molecule has 19 heavy (non-hydrogen) atoms. The van der Waals surface area contributed by atoms with E-state index in [0.717, 1.165) is 25.9 Å². The van der Waals surface area contributed by atoms with Gasteiger partial charge >= 0.3 is 5.97 Å². The van der Waals surface area contributed by atoms with Crippen LogP contribution in [0.15, 0.2) is 24.3 Å². The van der Waals surface area contributed by atoms with Crippen molar-refractivity contribution in [1.82, 2.24) is 5.32 Å². The van der Waals surface area contributed by atoms with E-state index < -0.39 is 5.97 Å². The molecule has 1 aliphatic heterocycles. The van der Waals surface area contributed by atoms with Crippen LogP contribution in [0.2, 0.25) is 0 Å². The summed E-state index contributed by atoms with van der Waals surface area (Å²) in [4.78, 5) is 22.7. The van der Waals surface area contributed by atoms with Gasteiger partial charge in [-0.3, -0.25) is 4.79 Å². The summed E-state index contributed by atoms with van der Waals surface area (Å²) in [6.45, 7) is 1.35. The highest BCUT2D eigenvalue weighted by Gasteiger charge is 2.15. The van der Waals surface area contributed by atoms with Crippen LogP contribution in [0.3, 0.4) is 0 Å². The van der Waals surface area contributed by atoms with E-state index in [9.17, 15) is 9.59 Å². The quantitative estimate of drug-likeness (QED) is 0.847. The van der Waals surface area contributed by atoms with E-state index >= 15 is 0 Å². The van der Waals surface area contributed by atoms with E-state index in [1.165, 1.54) is 12.1 Å². The SMILES string of the molecule is O=C(O)c1cccc(C(=O)NCCC2CCCO2)c1. The maximum Gasteiger partial charge on any atom is 0.335 e. The number of hydrogen-bond acceptors (Lipinski definition) is 3. The van der Waals surface area contributed by atoms with Gasteiger partial charge in [0, 0.05) is 18.7 Å². The lowest BCUT2D eigenvalue weighted by atomic mass is 10.1. The lowest BCUT2D eigenvalue weighted by Crippen LogP contribution is -2.27. The summed E-state index contributed by atoms with van der Waals surface area (Å²) in [7, 11) is 0. The Kier molecular flexibility index (Phi) is 4.52. The Hall–Kier alpha value is -1.88. The van der Waals surface area contributed by atoms with Crippen LogP contribution in [0, 0.1) is 0 Å². The summed E-state index contributed by atoms with van der Waals surface area (Å²) < 4.78 is 5.46. The molecule has 5 heteroatoms. The van der Waals surface area contributed by atoms with E-state index in [0.29, 0.717) is 12.1 Å². The van der Waals surface area contributed by atoms with Gasteiger partial charge in [0.05, 0.1) is 11.7 Å². The molecule has 0 radical (unpaired) electrons. The predicted octanol–water partition coefficient (Wildman–Crippen LogP) is 1.68. The van der Waals surface area contributed by atoms with E-state index in [1.807, 2.05) is 0 Å². The second-order valence-electron chi connectivity index (χ2n) is 4.57. The molecule has 1 unspecified atom stereocenters. The third-order valence-electron chi connectivity index (χ3n) is 3.15. The largest absolute Gasteiger partial charge is 0.478 e. The predicted molar refractivity (Wildman–Crippen MR) is 69.3 cm³/mol. The Balaban J connectivity index is 1.85. The number of hydrogen-bond donors (Lipinski definition) is 2. The van der Waals surface area contributed by atoms with Crippen LogP contribution in [0.25, 0.3) is 0 Å².